The summed E-state index contributed by atoms with van der Waals surface area (Å²) < 4.78 is 18.2. The van der Waals surface area contributed by atoms with Crippen LogP contribution in [0.25, 0.3) is 0 Å². The number of methoxy groups -OCH3 is 1. The Balaban J connectivity index is 2.37. The molecular weight excluding hydrogens is 320 g/mol. The van der Waals surface area contributed by atoms with Gasteiger partial charge in [0.1, 0.15) is 5.82 Å². The summed E-state index contributed by atoms with van der Waals surface area (Å²) in [6.45, 7) is 2.53. The quantitative estimate of drug-likeness (QED) is 0.873. The number of hydrogen-bond acceptors (Lipinski definition) is 6. The predicted octanol–water partition coefficient (Wildman–Crippen LogP) is 3.50. The van der Waals surface area contributed by atoms with Crippen molar-refractivity contribution in [1.82, 2.24) is 15.0 Å². The molecule has 0 unspecified atom stereocenters. The Morgan fingerprint density at radius 1 is 1.14 bits per heavy atom. The van der Waals surface area contributed by atoms with Crippen LogP contribution in [0, 0.1) is 5.82 Å². The van der Waals surface area contributed by atoms with Gasteiger partial charge in [0.2, 0.25) is 11.9 Å². The highest BCUT2D eigenvalue weighted by Crippen LogP contribution is 2.33. The number of benzene rings is 1. The summed E-state index contributed by atoms with van der Waals surface area (Å²) in [5, 5.41) is 6.00. The molecule has 0 saturated carbocycles. The van der Waals surface area contributed by atoms with Crippen molar-refractivity contribution in [2.75, 3.05) is 24.3 Å². The normalized spacial score (nSPS) is 10.3. The lowest BCUT2D eigenvalue weighted by Gasteiger charge is -2.11. The molecule has 0 bridgehead atoms. The van der Waals surface area contributed by atoms with Crippen molar-refractivity contribution in [3.63, 3.8) is 0 Å². The van der Waals surface area contributed by atoms with E-state index >= 15 is 0 Å². The summed E-state index contributed by atoms with van der Waals surface area (Å²) in [5.41, 5.74) is 0.301. The van der Waals surface area contributed by atoms with Gasteiger partial charge in [-0.05, 0) is 19.1 Å². The van der Waals surface area contributed by atoms with Crippen LogP contribution < -0.4 is 15.4 Å². The number of halogens is 3. The maximum absolute atomic E-state index is 13.2. The van der Waals surface area contributed by atoms with Crippen LogP contribution in [-0.4, -0.2) is 28.6 Å². The molecular formula is C12H12Cl2FN5O. The van der Waals surface area contributed by atoms with Crippen LogP contribution in [0.15, 0.2) is 12.1 Å². The van der Waals surface area contributed by atoms with Gasteiger partial charge in [0.05, 0.1) is 22.8 Å². The number of anilines is 3. The molecule has 9 heteroatoms. The second-order valence-electron chi connectivity index (χ2n) is 3.87. The Labute approximate surface area is 130 Å². The highest BCUT2D eigenvalue weighted by atomic mass is 35.5. The van der Waals surface area contributed by atoms with E-state index in [0.29, 0.717) is 18.2 Å². The highest BCUT2D eigenvalue weighted by molar-refractivity contribution is 6.39. The van der Waals surface area contributed by atoms with Gasteiger partial charge in [-0.25, -0.2) is 4.39 Å². The van der Waals surface area contributed by atoms with Crippen LogP contribution >= 0.6 is 23.2 Å². The summed E-state index contributed by atoms with van der Waals surface area (Å²) in [4.78, 5) is 12.2. The average molecular weight is 332 g/mol. The summed E-state index contributed by atoms with van der Waals surface area (Å²) in [6.07, 6.45) is 0. The minimum absolute atomic E-state index is 0.115. The lowest BCUT2D eigenvalue weighted by atomic mass is 10.3. The largest absolute Gasteiger partial charge is 0.467 e. The van der Waals surface area contributed by atoms with Gasteiger partial charge in [0.25, 0.3) is 0 Å². The van der Waals surface area contributed by atoms with Gasteiger partial charge in [-0.2, -0.15) is 15.0 Å². The molecule has 0 saturated heterocycles. The molecule has 2 rings (SSSR count). The molecule has 0 fully saturated rings. The first kappa shape index (κ1) is 15.5. The third kappa shape index (κ3) is 3.83. The smallest absolute Gasteiger partial charge is 0.322 e. The molecule has 2 N–H and O–H groups in total. The number of ether oxygens (including phenoxy) is 1. The standard InChI is InChI=1S/C12H12Cl2FN5O/c1-3-16-10-18-11(20-12(19-10)21-2)17-9-7(13)4-6(15)5-8(9)14/h4-5H,3H2,1-2H3,(H2,16,17,18,19,20). The Hall–Kier alpha value is -1.86. The van der Waals surface area contributed by atoms with E-state index in [9.17, 15) is 4.39 Å². The minimum atomic E-state index is -0.530. The lowest BCUT2D eigenvalue weighted by Crippen LogP contribution is -2.08. The third-order valence-corrected chi connectivity index (χ3v) is 2.97. The van der Waals surface area contributed by atoms with Gasteiger partial charge in [0, 0.05) is 6.54 Å². The van der Waals surface area contributed by atoms with Gasteiger partial charge in [0.15, 0.2) is 0 Å². The summed E-state index contributed by atoms with van der Waals surface area (Å²) in [5.74, 6) is -0.0217. The monoisotopic (exact) mass is 331 g/mol. The fourth-order valence-electron chi connectivity index (χ4n) is 1.51. The zero-order chi connectivity index (χ0) is 15.4. The van der Waals surface area contributed by atoms with E-state index in [2.05, 4.69) is 25.6 Å². The van der Waals surface area contributed by atoms with Crippen molar-refractivity contribution in [3.8, 4) is 6.01 Å². The van der Waals surface area contributed by atoms with Crippen LogP contribution in [0.4, 0.5) is 22.0 Å². The third-order valence-electron chi connectivity index (χ3n) is 2.38. The summed E-state index contributed by atoms with van der Waals surface area (Å²) in [6, 6.07) is 2.40. The molecule has 0 spiro atoms. The fraction of sp³-hybridized carbons (Fsp3) is 0.250. The van der Waals surface area contributed by atoms with Crippen LogP contribution in [0.5, 0.6) is 6.01 Å². The first-order valence-electron chi connectivity index (χ1n) is 5.99. The van der Waals surface area contributed by atoms with Crippen molar-refractivity contribution in [2.45, 2.75) is 6.92 Å². The molecule has 0 aliphatic heterocycles. The van der Waals surface area contributed by atoms with Gasteiger partial charge >= 0.3 is 6.01 Å². The van der Waals surface area contributed by atoms with Gasteiger partial charge in [-0.1, -0.05) is 23.2 Å². The van der Waals surface area contributed by atoms with E-state index in [1.165, 1.54) is 7.11 Å². The number of hydrogen-bond donors (Lipinski definition) is 2. The van der Waals surface area contributed by atoms with Crippen LogP contribution in [0.2, 0.25) is 10.0 Å². The zero-order valence-corrected chi connectivity index (χ0v) is 12.8. The molecule has 21 heavy (non-hydrogen) atoms. The fourth-order valence-corrected chi connectivity index (χ4v) is 2.07. The molecule has 0 aliphatic rings. The van der Waals surface area contributed by atoms with Crippen LogP contribution in [0.1, 0.15) is 6.92 Å². The maximum atomic E-state index is 13.2. The van der Waals surface area contributed by atoms with E-state index in [-0.39, 0.29) is 22.0 Å². The minimum Gasteiger partial charge on any atom is -0.467 e. The molecule has 112 valence electrons. The van der Waals surface area contributed by atoms with Crippen molar-refractivity contribution in [2.24, 2.45) is 0 Å². The molecule has 2 aromatic rings. The second-order valence-corrected chi connectivity index (χ2v) is 4.68. The first-order chi connectivity index (χ1) is 10.0. The zero-order valence-electron chi connectivity index (χ0n) is 11.2. The maximum Gasteiger partial charge on any atom is 0.322 e. The predicted molar refractivity (Wildman–Crippen MR) is 80.2 cm³/mol. The van der Waals surface area contributed by atoms with Gasteiger partial charge in [-0.3, -0.25) is 0 Å². The molecule has 1 heterocycles. The van der Waals surface area contributed by atoms with E-state index < -0.39 is 5.82 Å². The van der Waals surface area contributed by atoms with E-state index in [1.54, 1.807) is 0 Å². The molecule has 0 atom stereocenters. The van der Waals surface area contributed by atoms with E-state index in [0.717, 1.165) is 12.1 Å². The topological polar surface area (TPSA) is 72.0 Å². The molecule has 0 aliphatic carbocycles. The Morgan fingerprint density at radius 3 is 2.33 bits per heavy atom. The highest BCUT2D eigenvalue weighted by Gasteiger charge is 2.12. The first-order valence-corrected chi connectivity index (χ1v) is 6.74. The van der Waals surface area contributed by atoms with Crippen molar-refractivity contribution in [1.29, 1.82) is 0 Å². The van der Waals surface area contributed by atoms with Crippen molar-refractivity contribution >= 4 is 40.8 Å². The van der Waals surface area contributed by atoms with Crippen molar-refractivity contribution < 1.29 is 9.13 Å². The lowest BCUT2D eigenvalue weighted by molar-refractivity contribution is 0.379. The Bertz CT molecular complexity index is 633. The number of nitrogens with one attached hydrogen (secondary N) is 2. The Morgan fingerprint density at radius 2 is 1.76 bits per heavy atom. The molecule has 0 radical (unpaired) electrons. The molecule has 6 nitrogen and oxygen atoms in total. The average Bonchev–Trinajstić information content (AvgIpc) is 2.43. The number of nitrogens with zero attached hydrogens (tertiary/aromatic N) is 3. The SMILES string of the molecule is CCNc1nc(Nc2c(Cl)cc(F)cc2Cl)nc(OC)n1. The molecule has 0 amide bonds. The van der Waals surface area contributed by atoms with E-state index in [1.807, 2.05) is 6.92 Å². The van der Waals surface area contributed by atoms with E-state index in [4.69, 9.17) is 27.9 Å². The molecule has 1 aromatic carbocycles. The van der Waals surface area contributed by atoms with Gasteiger partial charge in [-0.15, -0.1) is 0 Å². The van der Waals surface area contributed by atoms with Crippen molar-refractivity contribution in [3.05, 3.63) is 28.0 Å². The number of rotatable bonds is 5. The summed E-state index contributed by atoms with van der Waals surface area (Å²) in [7, 11) is 1.44. The van der Waals surface area contributed by atoms with Crippen LogP contribution in [-0.2, 0) is 0 Å². The summed E-state index contributed by atoms with van der Waals surface area (Å²) >= 11 is 11.9. The molecule has 1 aromatic heterocycles. The van der Waals surface area contributed by atoms with Crippen LogP contribution in [0.3, 0.4) is 0 Å². The number of aromatic nitrogens is 3. The second kappa shape index (κ2) is 6.73. The Kier molecular flexibility index (Phi) is 4.98. The van der Waals surface area contributed by atoms with Gasteiger partial charge < -0.3 is 15.4 Å².